The summed E-state index contributed by atoms with van der Waals surface area (Å²) < 4.78 is 4.91. The number of para-hydroxylation sites is 1. The molecule has 22 heavy (non-hydrogen) atoms. The van der Waals surface area contributed by atoms with E-state index < -0.39 is 16.9 Å². The van der Waals surface area contributed by atoms with E-state index in [0.717, 1.165) is 0 Å². The lowest BCUT2D eigenvalue weighted by atomic mass is 10.1. The number of ether oxygens (including phenoxy) is 1. The Hall–Kier alpha value is -2.64. The molecule has 1 aliphatic rings. The first-order valence-electron chi connectivity index (χ1n) is 6.99. The van der Waals surface area contributed by atoms with Crippen molar-refractivity contribution in [3.05, 3.63) is 39.9 Å². The van der Waals surface area contributed by atoms with E-state index in [1.165, 1.54) is 28.0 Å². The molecule has 1 saturated heterocycles. The molecule has 0 bridgehead atoms. The minimum atomic E-state index is -0.567. The molecule has 8 heteroatoms. The van der Waals surface area contributed by atoms with Gasteiger partial charge in [-0.3, -0.25) is 14.9 Å². The molecule has 8 nitrogen and oxygen atoms in total. The number of nitro groups is 1. The quantitative estimate of drug-likeness (QED) is 0.623. The van der Waals surface area contributed by atoms with Gasteiger partial charge in [-0.05, 0) is 13.0 Å². The summed E-state index contributed by atoms with van der Waals surface area (Å²) in [6.45, 7) is 3.38. The number of carbonyl (C=O) groups excluding carboxylic acids is 2. The fourth-order valence-electron chi connectivity index (χ4n) is 2.29. The predicted octanol–water partition coefficient (Wildman–Crippen LogP) is 1.51. The van der Waals surface area contributed by atoms with Crippen molar-refractivity contribution in [1.29, 1.82) is 0 Å². The highest BCUT2D eigenvalue weighted by Crippen LogP contribution is 2.20. The molecule has 118 valence electrons. The average molecular weight is 307 g/mol. The topological polar surface area (TPSA) is 93.0 Å². The molecule has 0 radical (unpaired) electrons. The monoisotopic (exact) mass is 307 g/mol. The van der Waals surface area contributed by atoms with Crippen molar-refractivity contribution < 1.29 is 19.2 Å². The van der Waals surface area contributed by atoms with Crippen LogP contribution in [0.5, 0.6) is 0 Å². The SMILES string of the molecule is CCOC(=O)N1CCN(C(=O)c2ccccc2[N+](=O)[O-])CC1. The Morgan fingerprint density at radius 1 is 1.18 bits per heavy atom. The van der Waals surface area contributed by atoms with Gasteiger partial charge in [-0.2, -0.15) is 0 Å². The first-order valence-corrected chi connectivity index (χ1v) is 6.99. The standard InChI is InChI=1S/C14H17N3O5/c1-2-22-14(19)16-9-7-15(8-10-16)13(18)11-5-3-4-6-12(11)17(20)21/h3-6H,2,7-10H2,1H3. The maximum Gasteiger partial charge on any atom is 0.409 e. The van der Waals surface area contributed by atoms with Gasteiger partial charge < -0.3 is 14.5 Å². The van der Waals surface area contributed by atoms with Crippen molar-refractivity contribution in [1.82, 2.24) is 9.80 Å². The van der Waals surface area contributed by atoms with Gasteiger partial charge in [0.15, 0.2) is 0 Å². The molecule has 0 unspecified atom stereocenters. The smallest absolute Gasteiger partial charge is 0.409 e. The van der Waals surface area contributed by atoms with E-state index in [4.69, 9.17) is 4.74 Å². The van der Waals surface area contributed by atoms with E-state index >= 15 is 0 Å². The molecule has 1 aliphatic heterocycles. The van der Waals surface area contributed by atoms with Gasteiger partial charge in [0.25, 0.3) is 11.6 Å². The Balaban J connectivity index is 2.04. The molecule has 1 heterocycles. The molecule has 2 amide bonds. The van der Waals surface area contributed by atoms with Crippen molar-refractivity contribution in [3.63, 3.8) is 0 Å². The molecule has 2 rings (SSSR count). The largest absolute Gasteiger partial charge is 0.450 e. The maximum absolute atomic E-state index is 12.4. The third-order valence-electron chi connectivity index (χ3n) is 3.42. The second-order valence-corrected chi connectivity index (χ2v) is 4.75. The van der Waals surface area contributed by atoms with Crippen LogP contribution in [0.1, 0.15) is 17.3 Å². The van der Waals surface area contributed by atoms with E-state index in [0.29, 0.717) is 32.8 Å². The third-order valence-corrected chi connectivity index (χ3v) is 3.42. The fourth-order valence-corrected chi connectivity index (χ4v) is 2.29. The number of nitro benzene ring substituents is 1. The fraction of sp³-hybridized carbons (Fsp3) is 0.429. The van der Waals surface area contributed by atoms with E-state index in [1.807, 2.05) is 0 Å². The Morgan fingerprint density at radius 2 is 1.77 bits per heavy atom. The van der Waals surface area contributed by atoms with E-state index in [-0.39, 0.29) is 11.3 Å². The minimum absolute atomic E-state index is 0.0667. The molecule has 0 aromatic heterocycles. The van der Waals surface area contributed by atoms with Gasteiger partial charge in [0, 0.05) is 32.2 Å². The molecular weight excluding hydrogens is 290 g/mol. The Bertz CT molecular complexity index is 582. The molecule has 0 atom stereocenters. The minimum Gasteiger partial charge on any atom is -0.450 e. The summed E-state index contributed by atoms with van der Waals surface area (Å²) in [5, 5.41) is 11.0. The van der Waals surface area contributed by atoms with Crippen molar-refractivity contribution >= 4 is 17.7 Å². The number of hydrogen-bond donors (Lipinski definition) is 0. The van der Waals surface area contributed by atoms with Crippen LogP contribution in [-0.2, 0) is 4.74 Å². The van der Waals surface area contributed by atoms with Crippen LogP contribution in [0.2, 0.25) is 0 Å². The summed E-state index contributed by atoms with van der Waals surface area (Å²) in [5.74, 6) is -0.393. The lowest BCUT2D eigenvalue weighted by Crippen LogP contribution is -2.50. The van der Waals surface area contributed by atoms with Gasteiger partial charge in [0.1, 0.15) is 5.56 Å². The number of hydrogen-bond acceptors (Lipinski definition) is 5. The lowest BCUT2D eigenvalue weighted by Gasteiger charge is -2.33. The summed E-state index contributed by atoms with van der Waals surface area (Å²) in [7, 11) is 0. The van der Waals surface area contributed by atoms with Crippen molar-refractivity contribution in [2.45, 2.75) is 6.92 Å². The van der Waals surface area contributed by atoms with Crippen LogP contribution in [0.25, 0.3) is 0 Å². The molecule has 0 aliphatic carbocycles. The van der Waals surface area contributed by atoms with Crippen molar-refractivity contribution in [2.24, 2.45) is 0 Å². The zero-order chi connectivity index (χ0) is 16.1. The normalized spacial score (nSPS) is 14.6. The van der Waals surface area contributed by atoms with Crippen LogP contribution >= 0.6 is 0 Å². The Labute approximate surface area is 127 Å². The zero-order valence-electron chi connectivity index (χ0n) is 12.2. The summed E-state index contributed by atoms with van der Waals surface area (Å²) >= 11 is 0. The van der Waals surface area contributed by atoms with Gasteiger partial charge in [-0.25, -0.2) is 4.79 Å². The number of piperazine rings is 1. The molecule has 1 fully saturated rings. The highest BCUT2D eigenvalue weighted by molar-refractivity contribution is 5.98. The summed E-state index contributed by atoms with van der Waals surface area (Å²) in [6, 6.07) is 5.86. The van der Waals surface area contributed by atoms with Crippen LogP contribution in [-0.4, -0.2) is 59.5 Å². The second-order valence-electron chi connectivity index (χ2n) is 4.75. The molecule has 1 aromatic carbocycles. The van der Waals surface area contributed by atoms with Gasteiger partial charge in [-0.15, -0.1) is 0 Å². The highest BCUT2D eigenvalue weighted by Gasteiger charge is 2.28. The van der Waals surface area contributed by atoms with Crippen LogP contribution in [0.4, 0.5) is 10.5 Å². The van der Waals surface area contributed by atoms with Crippen LogP contribution in [0, 0.1) is 10.1 Å². The van der Waals surface area contributed by atoms with Crippen LogP contribution in [0.15, 0.2) is 24.3 Å². The lowest BCUT2D eigenvalue weighted by molar-refractivity contribution is -0.385. The molecule has 1 aromatic rings. The van der Waals surface area contributed by atoms with Crippen LogP contribution < -0.4 is 0 Å². The van der Waals surface area contributed by atoms with E-state index in [1.54, 1.807) is 13.0 Å². The van der Waals surface area contributed by atoms with Crippen molar-refractivity contribution in [2.75, 3.05) is 32.8 Å². The van der Waals surface area contributed by atoms with E-state index in [2.05, 4.69) is 0 Å². The number of rotatable bonds is 3. The zero-order valence-corrected chi connectivity index (χ0v) is 12.2. The summed E-state index contributed by atoms with van der Waals surface area (Å²) in [5.41, 5.74) is -0.141. The number of amides is 2. The first-order chi connectivity index (χ1) is 10.5. The molecule has 0 spiro atoms. The van der Waals surface area contributed by atoms with Gasteiger partial charge in [-0.1, -0.05) is 12.1 Å². The van der Waals surface area contributed by atoms with Crippen molar-refractivity contribution in [3.8, 4) is 0 Å². The predicted molar refractivity (Wildman–Crippen MR) is 77.6 cm³/mol. The Morgan fingerprint density at radius 3 is 2.36 bits per heavy atom. The number of nitrogens with zero attached hydrogens (tertiary/aromatic N) is 3. The maximum atomic E-state index is 12.4. The van der Waals surface area contributed by atoms with Gasteiger partial charge in [0.2, 0.25) is 0 Å². The summed E-state index contributed by atoms with van der Waals surface area (Å²) in [4.78, 5) is 37.5. The van der Waals surface area contributed by atoms with Crippen LogP contribution in [0.3, 0.4) is 0 Å². The summed E-state index contributed by atoms with van der Waals surface area (Å²) in [6.07, 6.45) is -0.403. The number of carbonyl (C=O) groups is 2. The van der Waals surface area contributed by atoms with E-state index in [9.17, 15) is 19.7 Å². The molecular formula is C14H17N3O5. The highest BCUT2D eigenvalue weighted by atomic mass is 16.6. The molecule has 0 N–H and O–H groups in total. The molecule has 0 saturated carbocycles. The van der Waals surface area contributed by atoms with Gasteiger partial charge in [0.05, 0.1) is 11.5 Å². The Kier molecular flexibility index (Phi) is 4.92. The number of benzene rings is 1. The third kappa shape index (κ3) is 3.33. The van der Waals surface area contributed by atoms with Gasteiger partial charge >= 0.3 is 6.09 Å². The average Bonchev–Trinajstić information content (AvgIpc) is 2.54. The second kappa shape index (κ2) is 6.88. The first kappa shape index (κ1) is 15.7.